The Morgan fingerprint density at radius 2 is 1.92 bits per heavy atom. The first kappa shape index (κ1) is 16.9. The molecule has 2 aromatic carbocycles. The quantitative estimate of drug-likeness (QED) is 0.664. The number of anilines is 1. The summed E-state index contributed by atoms with van der Waals surface area (Å²) in [5, 5.41) is 10.5. The number of hydrogen-bond acceptors (Lipinski definition) is 5. The van der Waals surface area contributed by atoms with Gasteiger partial charge in [0.15, 0.2) is 0 Å². The zero-order chi connectivity index (χ0) is 17.6. The van der Waals surface area contributed by atoms with Crippen molar-refractivity contribution >= 4 is 16.7 Å². The Kier molecular flexibility index (Phi) is 5.23. The molecule has 130 valence electrons. The number of nitrogens with zero attached hydrogens (tertiary/aromatic N) is 1. The number of fused-ring (bicyclic) bond motifs is 1. The molecule has 5 heteroatoms. The molecule has 1 N–H and O–H groups in total. The molecule has 0 saturated heterocycles. The lowest BCUT2D eigenvalue weighted by Crippen LogP contribution is -2.29. The van der Waals surface area contributed by atoms with E-state index in [4.69, 9.17) is 9.15 Å². The molecular formula is C20H21NO4. The summed E-state index contributed by atoms with van der Waals surface area (Å²) in [5.74, 6) is 0.915. The monoisotopic (exact) mass is 339 g/mol. The van der Waals surface area contributed by atoms with Crippen LogP contribution in [0.4, 0.5) is 5.69 Å². The summed E-state index contributed by atoms with van der Waals surface area (Å²) >= 11 is 0. The molecule has 0 aliphatic heterocycles. The number of aromatic hydroxyl groups is 1. The fourth-order valence-electron chi connectivity index (χ4n) is 2.73. The molecule has 3 aromatic rings. The third kappa shape index (κ3) is 4.32. The van der Waals surface area contributed by atoms with Gasteiger partial charge in [-0.3, -0.25) is 0 Å². The van der Waals surface area contributed by atoms with Crippen LogP contribution in [-0.2, 0) is 0 Å². The molecule has 3 rings (SSSR count). The minimum atomic E-state index is -0.373. The zero-order valence-electron chi connectivity index (χ0n) is 14.1. The lowest BCUT2D eigenvalue weighted by molar-refractivity contribution is 0.323. The van der Waals surface area contributed by atoms with Gasteiger partial charge in [-0.2, -0.15) is 0 Å². The van der Waals surface area contributed by atoms with E-state index in [1.807, 2.05) is 24.3 Å². The second kappa shape index (κ2) is 7.75. The number of hydrogen-bond donors (Lipinski definition) is 1. The standard InChI is InChI=1S/C20H21NO4/c1-2-10-21(16-4-3-5-17(22)13-16)11-12-24-18-8-6-15-7-9-20(23)25-19(15)14-18/h3-9,13-14,22H,2,10-12H2,1H3. The van der Waals surface area contributed by atoms with Crippen LogP contribution in [0.5, 0.6) is 11.5 Å². The molecule has 25 heavy (non-hydrogen) atoms. The lowest BCUT2D eigenvalue weighted by Gasteiger charge is -2.24. The fourth-order valence-corrected chi connectivity index (χ4v) is 2.73. The van der Waals surface area contributed by atoms with Gasteiger partial charge in [-0.1, -0.05) is 13.0 Å². The Morgan fingerprint density at radius 3 is 2.72 bits per heavy atom. The van der Waals surface area contributed by atoms with Crippen molar-refractivity contribution in [3.05, 3.63) is 65.0 Å². The smallest absolute Gasteiger partial charge is 0.336 e. The maximum absolute atomic E-state index is 11.3. The fraction of sp³-hybridized carbons (Fsp3) is 0.250. The van der Waals surface area contributed by atoms with Gasteiger partial charge in [0.2, 0.25) is 0 Å². The molecule has 0 amide bonds. The minimum absolute atomic E-state index is 0.254. The Balaban J connectivity index is 1.66. The third-order valence-electron chi connectivity index (χ3n) is 3.91. The van der Waals surface area contributed by atoms with Crippen LogP contribution in [0.1, 0.15) is 13.3 Å². The van der Waals surface area contributed by atoms with Crippen LogP contribution in [0.2, 0.25) is 0 Å². The summed E-state index contributed by atoms with van der Waals surface area (Å²) in [6, 6.07) is 15.8. The second-order valence-corrected chi connectivity index (χ2v) is 5.81. The van der Waals surface area contributed by atoms with Crippen LogP contribution in [0.15, 0.2) is 63.8 Å². The van der Waals surface area contributed by atoms with Gasteiger partial charge in [0.05, 0.1) is 6.54 Å². The first-order valence-electron chi connectivity index (χ1n) is 8.36. The molecule has 5 nitrogen and oxygen atoms in total. The van der Waals surface area contributed by atoms with Crippen molar-refractivity contribution < 1.29 is 14.3 Å². The normalized spacial score (nSPS) is 10.8. The van der Waals surface area contributed by atoms with E-state index in [2.05, 4.69) is 11.8 Å². The van der Waals surface area contributed by atoms with Crippen LogP contribution < -0.4 is 15.3 Å². The topological polar surface area (TPSA) is 62.9 Å². The summed E-state index contributed by atoms with van der Waals surface area (Å²) in [5.41, 5.74) is 1.11. The lowest BCUT2D eigenvalue weighted by atomic mass is 10.2. The van der Waals surface area contributed by atoms with Crippen LogP contribution in [0.25, 0.3) is 11.0 Å². The summed E-state index contributed by atoms with van der Waals surface area (Å²) in [6.45, 7) is 4.16. The highest BCUT2D eigenvalue weighted by Gasteiger charge is 2.07. The van der Waals surface area contributed by atoms with Crippen LogP contribution in [-0.4, -0.2) is 24.8 Å². The van der Waals surface area contributed by atoms with Crippen molar-refractivity contribution in [3.8, 4) is 11.5 Å². The first-order chi connectivity index (χ1) is 12.2. The van der Waals surface area contributed by atoms with Gasteiger partial charge in [0.1, 0.15) is 23.7 Å². The first-order valence-corrected chi connectivity index (χ1v) is 8.36. The maximum Gasteiger partial charge on any atom is 0.336 e. The average molecular weight is 339 g/mol. The third-order valence-corrected chi connectivity index (χ3v) is 3.91. The van der Waals surface area contributed by atoms with Crippen molar-refractivity contribution in [2.45, 2.75) is 13.3 Å². The van der Waals surface area contributed by atoms with Crippen LogP contribution in [0, 0.1) is 0 Å². The van der Waals surface area contributed by atoms with Crippen molar-refractivity contribution in [2.24, 2.45) is 0 Å². The van der Waals surface area contributed by atoms with E-state index in [0.29, 0.717) is 24.5 Å². The van der Waals surface area contributed by atoms with Crippen molar-refractivity contribution in [1.82, 2.24) is 0 Å². The van der Waals surface area contributed by atoms with Crippen LogP contribution >= 0.6 is 0 Å². The molecule has 0 bridgehead atoms. The summed E-state index contributed by atoms with van der Waals surface area (Å²) in [7, 11) is 0. The predicted octanol–water partition coefficient (Wildman–Crippen LogP) is 3.79. The van der Waals surface area contributed by atoms with Crippen molar-refractivity contribution in [1.29, 1.82) is 0 Å². The van der Waals surface area contributed by atoms with Gasteiger partial charge in [-0.25, -0.2) is 4.79 Å². The molecule has 0 atom stereocenters. The molecular weight excluding hydrogens is 318 g/mol. The molecule has 0 unspecified atom stereocenters. The highest BCUT2D eigenvalue weighted by Crippen LogP contribution is 2.21. The van der Waals surface area contributed by atoms with E-state index in [1.165, 1.54) is 6.07 Å². The molecule has 0 fully saturated rings. The van der Waals surface area contributed by atoms with Gasteiger partial charge < -0.3 is 19.2 Å². The summed E-state index contributed by atoms with van der Waals surface area (Å²) in [6.07, 6.45) is 0.997. The van der Waals surface area contributed by atoms with E-state index in [-0.39, 0.29) is 11.4 Å². The highest BCUT2D eigenvalue weighted by atomic mass is 16.5. The Hall–Kier alpha value is -2.95. The maximum atomic E-state index is 11.3. The molecule has 0 spiro atoms. The van der Waals surface area contributed by atoms with E-state index in [9.17, 15) is 9.90 Å². The largest absolute Gasteiger partial charge is 0.508 e. The van der Waals surface area contributed by atoms with Gasteiger partial charge in [0, 0.05) is 35.8 Å². The van der Waals surface area contributed by atoms with Gasteiger partial charge >= 0.3 is 5.63 Å². The predicted molar refractivity (Wildman–Crippen MR) is 98.6 cm³/mol. The summed E-state index contributed by atoms with van der Waals surface area (Å²) < 4.78 is 11.0. The van der Waals surface area contributed by atoms with Crippen molar-refractivity contribution in [2.75, 3.05) is 24.6 Å². The molecule has 0 aliphatic rings. The van der Waals surface area contributed by atoms with E-state index in [0.717, 1.165) is 24.0 Å². The SMILES string of the molecule is CCCN(CCOc1ccc2ccc(=O)oc2c1)c1cccc(O)c1. The van der Waals surface area contributed by atoms with E-state index in [1.54, 1.807) is 24.3 Å². The Labute approximate surface area is 146 Å². The molecule has 1 heterocycles. The average Bonchev–Trinajstić information content (AvgIpc) is 2.60. The Bertz CT molecular complexity index is 903. The number of rotatable bonds is 7. The molecule has 0 saturated carbocycles. The van der Waals surface area contributed by atoms with Gasteiger partial charge in [-0.05, 0) is 36.8 Å². The van der Waals surface area contributed by atoms with E-state index >= 15 is 0 Å². The highest BCUT2D eigenvalue weighted by molar-refractivity contribution is 5.77. The summed E-state index contributed by atoms with van der Waals surface area (Å²) in [4.78, 5) is 13.5. The number of phenolic OH excluding ortho intramolecular Hbond substituents is 1. The van der Waals surface area contributed by atoms with Crippen molar-refractivity contribution in [3.63, 3.8) is 0 Å². The number of phenols is 1. The van der Waals surface area contributed by atoms with Crippen LogP contribution in [0.3, 0.4) is 0 Å². The Morgan fingerprint density at radius 1 is 1.08 bits per heavy atom. The minimum Gasteiger partial charge on any atom is -0.508 e. The molecule has 1 aromatic heterocycles. The molecule has 0 radical (unpaired) electrons. The molecule has 0 aliphatic carbocycles. The zero-order valence-corrected chi connectivity index (χ0v) is 14.1. The number of benzene rings is 2. The van der Waals surface area contributed by atoms with Gasteiger partial charge in [-0.15, -0.1) is 0 Å². The van der Waals surface area contributed by atoms with Gasteiger partial charge in [0.25, 0.3) is 0 Å². The van der Waals surface area contributed by atoms with E-state index < -0.39 is 0 Å². The second-order valence-electron chi connectivity index (χ2n) is 5.81. The number of ether oxygens (including phenoxy) is 1.